The number of amides is 1. The third kappa shape index (κ3) is 4.85. The fraction of sp³-hybridized carbons (Fsp3) is 0.136. The van der Waals surface area contributed by atoms with Gasteiger partial charge in [-0.15, -0.1) is 0 Å². The number of nitrogens with one attached hydrogen (secondary N) is 2. The first-order valence-corrected chi connectivity index (χ1v) is 10.4. The maximum atomic E-state index is 13.0. The molecule has 0 unspecified atom stereocenters. The molecule has 3 aromatic carbocycles. The zero-order valence-corrected chi connectivity index (χ0v) is 16.3. The van der Waals surface area contributed by atoms with Crippen molar-refractivity contribution >= 4 is 15.9 Å². The van der Waals surface area contributed by atoms with E-state index in [9.17, 15) is 13.2 Å². The van der Waals surface area contributed by atoms with Gasteiger partial charge >= 0.3 is 0 Å². The Morgan fingerprint density at radius 1 is 0.714 bits per heavy atom. The van der Waals surface area contributed by atoms with Crippen molar-refractivity contribution in [1.29, 1.82) is 0 Å². The first-order chi connectivity index (χ1) is 13.5. The Bertz CT molecular complexity index is 1010. The summed E-state index contributed by atoms with van der Waals surface area (Å²) in [4.78, 5) is 12.1. The number of sulfonamides is 1. The normalized spacial score (nSPS) is 13.5. The predicted octanol–water partition coefficient (Wildman–Crippen LogP) is 3.58. The van der Waals surface area contributed by atoms with E-state index in [4.69, 9.17) is 0 Å². The van der Waals surface area contributed by atoms with E-state index in [1.165, 1.54) is 6.92 Å². The van der Waals surface area contributed by atoms with Crippen LogP contribution in [0, 0.1) is 0 Å². The van der Waals surface area contributed by atoms with E-state index in [1.54, 1.807) is 30.3 Å². The standard InChI is InChI=1S/C22H22N2O3S/c1-17(25)23-21(18-11-5-2-6-12-18)22(19-13-7-3-8-14-19)24-28(26,27)20-15-9-4-10-16-20/h2-16,21-22,24H,1H3,(H,23,25)/t21-,22-/m1/s1. The molecule has 3 rings (SSSR count). The molecule has 0 aromatic heterocycles. The molecule has 5 nitrogen and oxygen atoms in total. The zero-order valence-electron chi connectivity index (χ0n) is 15.4. The van der Waals surface area contributed by atoms with Gasteiger partial charge in [-0.25, -0.2) is 13.1 Å². The van der Waals surface area contributed by atoms with Crippen molar-refractivity contribution in [3.8, 4) is 0 Å². The first-order valence-electron chi connectivity index (χ1n) is 8.92. The first kappa shape index (κ1) is 19.8. The van der Waals surface area contributed by atoms with Gasteiger partial charge in [0.05, 0.1) is 17.0 Å². The molecule has 0 saturated heterocycles. The number of carbonyl (C=O) groups is 1. The molecule has 0 bridgehead atoms. The largest absolute Gasteiger partial charge is 0.348 e. The van der Waals surface area contributed by atoms with E-state index in [-0.39, 0.29) is 10.8 Å². The van der Waals surface area contributed by atoms with Crippen molar-refractivity contribution in [3.05, 3.63) is 102 Å². The maximum Gasteiger partial charge on any atom is 0.241 e. The number of hydrogen-bond donors (Lipinski definition) is 2. The molecule has 1 amide bonds. The van der Waals surface area contributed by atoms with Crippen LogP contribution in [0.4, 0.5) is 0 Å². The molecule has 0 aliphatic heterocycles. The van der Waals surface area contributed by atoms with E-state index in [2.05, 4.69) is 10.0 Å². The highest BCUT2D eigenvalue weighted by Gasteiger charge is 2.30. The molecular formula is C22H22N2O3S. The van der Waals surface area contributed by atoms with Crippen LogP contribution in [0.15, 0.2) is 95.9 Å². The Labute approximate surface area is 165 Å². The third-order valence-corrected chi connectivity index (χ3v) is 5.80. The van der Waals surface area contributed by atoms with E-state index in [0.717, 1.165) is 11.1 Å². The summed E-state index contributed by atoms with van der Waals surface area (Å²) in [7, 11) is -3.80. The summed E-state index contributed by atoms with van der Waals surface area (Å²) in [5.41, 5.74) is 1.56. The summed E-state index contributed by atoms with van der Waals surface area (Å²) in [6.07, 6.45) is 0. The van der Waals surface area contributed by atoms with Crippen molar-refractivity contribution in [2.75, 3.05) is 0 Å². The fourth-order valence-corrected chi connectivity index (χ4v) is 4.32. The van der Waals surface area contributed by atoms with Gasteiger partial charge in [-0.1, -0.05) is 78.9 Å². The van der Waals surface area contributed by atoms with E-state index in [0.29, 0.717) is 0 Å². The minimum atomic E-state index is -3.80. The minimum absolute atomic E-state index is 0.172. The van der Waals surface area contributed by atoms with Crippen LogP contribution in [0.3, 0.4) is 0 Å². The number of rotatable bonds is 7. The van der Waals surface area contributed by atoms with E-state index in [1.807, 2.05) is 60.7 Å². The highest BCUT2D eigenvalue weighted by atomic mass is 32.2. The summed E-state index contributed by atoms with van der Waals surface area (Å²) in [5.74, 6) is -0.242. The van der Waals surface area contributed by atoms with Gasteiger partial charge in [-0.3, -0.25) is 4.79 Å². The van der Waals surface area contributed by atoms with Crippen molar-refractivity contribution in [2.45, 2.75) is 23.9 Å². The van der Waals surface area contributed by atoms with Crippen molar-refractivity contribution in [1.82, 2.24) is 10.0 Å². The molecule has 3 aromatic rings. The lowest BCUT2D eigenvalue weighted by molar-refractivity contribution is -0.119. The van der Waals surface area contributed by atoms with Gasteiger partial charge in [0.2, 0.25) is 15.9 Å². The average molecular weight is 394 g/mol. The second kappa shape index (κ2) is 8.82. The molecule has 28 heavy (non-hydrogen) atoms. The van der Waals surface area contributed by atoms with Crippen molar-refractivity contribution < 1.29 is 13.2 Å². The second-order valence-corrected chi connectivity index (χ2v) is 8.13. The molecule has 0 spiro atoms. The van der Waals surface area contributed by atoms with Gasteiger partial charge in [0, 0.05) is 6.92 Å². The van der Waals surface area contributed by atoms with Gasteiger partial charge in [-0.2, -0.15) is 0 Å². The lowest BCUT2D eigenvalue weighted by Gasteiger charge is -2.29. The molecule has 0 fully saturated rings. The lowest BCUT2D eigenvalue weighted by Crippen LogP contribution is -2.40. The van der Waals surface area contributed by atoms with Gasteiger partial charge in [0.15, 0.2) is 0 Å². The van der Waals surface area contributed by atoms with Crippen LogP contribution in [-0.2, 0) is 14.8 Å². The third-order valence-electron chi connectivity index (χ3n) is 4.35. The lowest BCUT2D eigenvalue weighted by atomic mass is 9.94. The molecule has 2 N–H and O–H groups in total. The average Bonchev–Trinajstić information content (AvgIpc) is 2.72. The van der Waals surface area contributed by atoms with Crippen molar-refractivity contribution in [2.24, 2.45) is 0 Å². The van der Waals surface area contributed by atoms with Crippen LogP contribution in [-0.4, -0.2) is 14.3 Å². The molecule has 144 valence electrons. The SMILES string of the molecule is CC(=O)N[C@H](c1ccccc1)[C@H](NS(=O)(=O)c1ccccc1)c1ccccc1. The molecule has 0 aliphatic rings. The highest BCUT2D eigenvalue weighted by Crippen LogP contribution is 2.30. The molecule has 0 radical (unpaired) electrons. The Hall–Kier alpha value is -2.96. The highest BCUT2D eigenvalue weighted by molar-refractivity contribution is 7.89. The van der Waals surface area contributed by atoms with Crippen LogP contribution in [0.2, 0.25) is 0 Å². The Morgan fingerprint density at radius 2 is 1.14 bits per heavy atom. The van der Waals surface area contributed by atoms with Gasteiger partial charge < -0.3 is 5.32 Å². The number of benzene rings is 3. The maximum absolute atomic E-state index is 13.0. The summed E-state index contributed by atoms with van der Waals surface area (Å²) in [5, 5.41) is 2.90. The molecule has 0 heterocycles. The van der Waals surface area contributed by atoms with Crippen LogP contribution in [0.1, 0.15) is 30.1 Å². The second-order valence-electron chi connectivity index (χ2n) is 6.41. The van der Waals surface area contributed by atoms with Crippen molar-refractivity contribution in [3.63, 3.8) is 0 Å². The Morgan fingerprint density at radius 3 is 1.61 bits per heavy atom. The fourth-order valence-electron chi connectivity index (χ4n) is 3.06. The van der Waals surface area contributed by atoms with Crippen LogP contribution >= 0.6 is 0 Å². The Kier molecular flexibility index (Phi) is 6.23. The summed E-state index contributed by atoms with van der Waals surface area (Å²) < 4.78 is 28.8. The van der Waals surface area contributed by atoms with Gasteiger partial charge in [0.1, 0.15) is 0 Å². The minimum Gasteiger partial charge on any atom is -0.348 e. The quantitative estimate of drug-likeness (QED) is 0.643. The monoisotopic (exact) mass is 394 g/mol. The van der Waals surface area contributed by atoms with Crippen LogP contribution < -0.4 is 10.0 Å². The van der Waals surface area contributed by atoms with E-state index < -0.39 is 22.1 Å². The number of hydrogen-bond acceptors (Lipinski definition) is 3. The van der Waals surface area contributed by atoms with Crippen LogP contribution in [0.25, 0.3) is 0 Å². The predicted molar refractivity (Wildman–Crippen MR) is 109 cm³/mol. The summed E-state index contributed by atoms with van der Waals surface area (Å²) in [6, 6.07) is 25.5. The number of carbonyl (C=O) groups excluding carboxylic acids is 1. The van der Waals surface area contributed by atoms with Gasteiger partial charge in [0.25, 0.3) is 0 Å². The molecular weight excluding hydrogens is 372 g/mol. The smallest absolute Gasteiger partial charge is 0.241 e. The van der Waals surface area contributed by atoms with Crippen LogP contribution in [0.5, 0.6) is 0 Å². The van der Waals surface area contributed by atoms with Gasteiger partial charge in [-0.05, 0) is 23.3 Å². The topological polar surface area (TPSA) is 75.3 Å². The molecule has 0 saturated carbocycles. The Balaban J connectivity index is 2.06. The summed E-state index contributed by atoms with van der Waals surface area (Å²) >= 11 is 0. The molecule has 0 aliphatic carbocycles. The zero-order chi connectivity index (χ0) is 20.0. The van der Waals surface area contributed by atoms with E-state index >= 15 is 0 Å². The molecule has 2 atom stereocenters. The molecule has 6 heteroatoms. The summed E-state index contributed by atoms with van der Waals surface area (Å²) in [6.45, 7) is 1.42.